The van der Waals surface area contributed by atoms with Crippen molar-refractivity contribution in [2.24, 2.45) is 28.6 Å². The Hall–Kier alpha value is -1.18. The molecule has 7 unspecified atom stereocenters. The number of carboxylic acid groups (broad SMARTS) is 1. The smallest absolute Gasteiger partial charge is 0.304 e. The van der Waals surface area contributed by atoms with E-state index in [1.165, 1.54) is 17.3 Å². The van der Waals surface area contributed by atoms with Gasteiger partial charge in [0.15, 0.2) is 11.6 Å². The summed E-state index contributed by atoms with van der Waals surface area (Å²) in [5.41, 5.74) is -0.704. The highest BCUT2D eigenvalue weighted by molar-refractivity contribution is 7.99. The summed E-state index contributed by atoms with van der Waals surface area (Å²) in [6.07, 6.45) is 5.68. The van der Waals surface area contributed by atoms with E-state index in [0.29, 0.717) is 31.4 Å². The van der Waals surface area contributed by atoms with Crippen molar-refractivity contribution in [1.29, 1.82) is 0 Å². The van der Waals surface area contributed by atoms with Crippen molar-refractivity contribution in [3.63, 3.8) is 0 Å². The average molecular weight is 451 g/mol. The van der Waals surface area contributed by atoms with E-state index in [1.807, 2.05) is 6.08 Å². The Bertz CT molecular complexity index is 823. The summed E-state index contributed by atoms with van der Waals surface area (Å²) >= 11 is 1.27. The largest absolute Gasteiger partial charge is 0.481 e. The van der Waals surface area contributed by atoms with Gasteiger partial charge in [0.1, 0.15) is 5.60 Å². The van der Waals surface area contributed by atoms with Gasteiger partial charge in [-0.05, 0) is 73.2 Å². The second-order valence-electron chi connectivity index (χ2n) is 10.8. The second-order valence-corrected chi connectivity index (χ2v) is 12.0. The number of fused-ring (bicyclic) bond motifs is 5. The van der Waals surface area contributed by atoms with Gasteiger partial charge < -0.3 is 15.3 Å². The number of rotatable bonds is 6. The molecule has 0 aliphatic heterocycles. The fourth-order valence-electron chi connectivity index (χ4n) is 7.50. The first kappa shape index (κ1) is 23.0. The van der Waals surface area contributed by atoms with Gasteiger partial charge in [0.05, 0.1) is 18.3 Å². The van der Waals surface area contributed by atoms with Gasteiger partial charge in [-0.3, -0.25) is 14.4 Å². The number of carboxylic acids is 1. The lowest BCUT2D eigenvalue weighted by molar-refractivity contribution is -0.136. The zero-order valence-electron chi connectivity index (χ0n) is 18.4. The quantitative estimate of drug-likeness (QED) is 0.533. The standard InChI is InChI=1S/C24H34O6S/c1-22-11-18(26)21-16(4-3-14-9-15(25)5-7-23(14,21)2)17(22)10-24(30,13-22)19(27)12-31-8-6-20(28)29/h9,16-18,21,26,30H,3-8,10-13H2,1-2H3,(H,28,29). The van der Waals surface area contributed by atoms with Gasteiger partial charge in [0, 0.05) is 12.2 Å². The van der Waals surface area contributed by atoms with Gasteiger partial charge in [0.25, 0.3) is 0 Å². The number of carbonyl (C=O) groups is 3. The van der Waals surface area contributed by atoms with Crippen molar-refractivity contribution in [2.45, 2.75) is 76.9 Å². The zero-order chi connectivity index (χ0) is 22.6. The number of aliphatic hydroxyl groups excluding tert-OH is 1. The molecule has 6 nitrogen and oxygen atoms in total. The molecule has 0 spiro atoms. The SMILES string of the molecule is CC12CC(O)C3C(CCC4=CC(=O)CCC43C)C1CC(O)(C(=O)CSCCC(=O)O)C2. The number of aliphatic hydroxyl groups is 2. The Kier molecular flexibility index (Phi) is 5.93. The van der Waals surface area contributed by atoms with Gasteiger partial charge >= 0.3 is 5.97 Å². The third-order valence-corrected chi connectivity index (χ3v) is 9.83. The monoisotopic (exact) mass is 450 g/mol. The van der Waals surface area contributed by atoms with Crippen LogP contribution in [0.15, 0.2) is 11.6 Å². The molecule has 3 N–H and O–H groups in total. The molecule has 3 fully saturated rings. The summed E-state index contributed by atoms with van der Waals surface area (Å²) < 4.78 is 0. The third-order valence-electron chi connectivity index (χ3n) is 8.87. The average Bonchev–Trinajstić information content (AvgIpc) is 2.96. The van der Waals surface area contributed by atoms with Crippen molar-refractivity contribution in [2.75, 3.05) is 11.5 Å². The van der Waals surface area contributed by atoms with Crippen LogP contribution in [0, 0.1) is 28.6 Å². The van der Waals surface area contributed by atoms with E-state index in [-0.39, 0.29) is 52.3 Å². The molecule has 0 saturated heterocycles. The summed E-state index contributed by atoms with van der Waals surface area (Å²) in [5.74, 6) is 0.00426. The molecule has 31 heavy (non-hydrogen) atoms. The first-order valence-electron chi connectivity index (χ1n) is 11.5. The van der Waals surface area contributed by atoms with Crippen LogP contribution in [0.1, 0.15) is 65.2 Å². The maximum atomic E-state index is 12.9. The van der Waals surface area contributed by atoms with Crippen LogP contribution in [-0.4, -0.2) is 56.1 Å². The second kappa shape index (κ2) is 7.99. The predicted molar refractivity (Wildman–Crippen MR) is 118 cm³/mol. The van der Waals surface area contributed by atoms with Crippen LogP contribution < -0.4 is 0 Å². The molecule has 0 aromatic heterocycles. The fourth-order valence-corrected chi connectivity index (χ4v) is 8.42. The first-order valence-corrected chi connectivity index (χ1v) is 12.6. The van der Waals surface area contributed by atoms with Crippen molar-refractivity contribution < 1.29 is 29.7 Å². The van der Waals surface area contributed by atoms with E-state index in [9.17, 15) is 24.6 Å². The van der Waals surface area contributed by atoms with Gasteiger partial charge in [0.2, 0.25) is 0 Å². The number of Topliss-reactive ketones (excluding diaryl/α,β-unsaturated/α-hetero) is 1. The molecule has 7 heteroatoms. The lowest BCUT2D eigenvalue weighted by atomic mass is 9.46. The van der Waals surface area contributed by atoms with Crippen LogP contribution in [-0.2, 0) is 14.4 Å². The minimum atomic E-state index is -1.40. The Morgan fingerprint density at radius 2 is 1.97 bits per heavy atom. The van der Waals surface area contributed by atoms with Crippen LogP contribution in [0.4, 0.5) is 0 Å². The topological polar surface area (TPSA) is 112 Å². The van der Waals surface area contributed by atoms with Gasteiger partial charge in [-0.2, -0.15) is 11.8 Å². The zero-order valence-corrected chi connectivity index (χ0v) is 19.2. The number of aliphatic carboxylic acids is 1. The fraction of sp³-hybridized carbons (Fsp3) is 0.792. The molecule has 0 bridgehead atoms. The molecule has 0 aromatic rings. The highest BCUT2D eigenvalue weighted by atomic mass is 32.2. The molecule has 4 rings (SSSR count). The van der Waals surface area contributed by atoms with Gasteiger partial charge in [-0.15, -0.1) is 0 Å². The molecule has 0 radical (unpaired) electrons. The van der Waals surface area contributed by atoms with E-state index in [0.717, 1.165) is 19.3 Å². The highest BCUT2D eigenvalue weighted by Gasteiger charge is 2.64. The maximum Gasteiger partial charge on any atom is 0.304 e. The summed E-state index contributed by atoms with van der Waals surface area (Å²) in [4.78, 5) is 35.6. The summed E-state index contributed by atoms with van der Waals surface area (Å²) in [6.45, 7) is 4.30. The summed E-state index contributed by atoms with van der Waals surface area (Å²) in [5, 5.41) is 31.4. The predicted octanol–water partition coefficient (Wildman–Crippen LogP) is 3.00. The third kappa shape index (κ3) is 3.91. The van der Waals surface area contributed by atoms with Crippen LogP contribution in [0.2, 0.25) is 0 Å². The lowest BCUT2D eigenvalue weighted by Crippen LogP contribution is -2.55. The Balaban J connectivity index is 1.53. The number of thioether (sulfide) groups is 1. The highest BCUT2D eigenvalue weighted by Crippen LogP contribution is 2.66. The minimum Gasteiger partial charge on any atom is -0.481 e. The molecular formula is C24H34O6S. The van der Waals surface area contributed by atoms with Crippen LogP contribution >= 0.6 is 11.8 Å². The molecule has 4 aliphatic rings. The number of carbonyl (C=O) groups excluding carboxylic acids is 2. The van der Waals surface area contributed by atoms with Gasteiger partial charge in [-0.25, -0.2) is 0 Å². The van der Waals surface area contributed by atoms with Crippen molar-refractivity contribution >= 4 is 29.3 Å². The Morgan fingerprint density at radius 3 is 2.68 bits per heavy atom. The molecule has 3 saturated carbocycles. The first-order chi connectivity index (χ1) is 14.5. The van der Waals surface area contributed by atoms with E-state index in [1.54, 1.807) is 0 Å². The van der Waals surface area contributed by atoms with Gasteiger partial charge in [-0.1, -0.05) is 19.4 Å². The lowest BCUT2D eigenvalue weighted by Gasteiger charge is -2.59. The Labute approximate surface area is 187 Å². The number of ketones is 2. The maximum absolute atomic E-state index is 12.9. The molecule has 0 aromatic carbocycles. The number of hydrogen-bond acceptors (Lipinski definition) is 6. The van der Waals surface area contributed by atoms with Crippen LogP contribution in [0.5, 0.6) is 0 Å². The minimum absolute atomic E-state index is 0.00357. The van der Waals surface area contributed by atoms with Crippen LogP contribution in [0.3, 0.4) is 0 Å². The molecular weight excluding hydrogens is 416 g/mol. The van der Waals surface area contributed by atoms with Crippen molar-refractivity contribution in [3.05, 3.63) is 11.6 Å². The summed E-state index contributed by atoms with van der Waals surface area (Å²) in [6, 6.07) is 0. The Morgan fingerprint density at radius 1 is 1.23 bits per heavy atom. The molecule has 0 heterocycles. The number of hydrogen-bond donors (Lipinski definition) is 3. The molecule has 4 aliphatic carbocycles. The van der Waals surface area contributed by atoms with E-state index in [4.69, 9.17) is 5.11 Å². The van der Waals surface area contributed by atoms with Crippen molar-refractivity contribution in [1.82, 2.24) is 0 Å². The summed E-state index contributed by atoms with van der Waals surface area (Å²) in [7, 11) is 0. The normalized spacial score (nSPS) is 44.1. The molecule has 172 valence electrons. The van der Waals surface area contributed by atoms with E-state index >= 15 is 0 Å². The number of allylic oxidation sites excluding steroid dienone is 1. The van der Waals surface area contributed by atoms with Crippen LogP contribution in [0.25, 0.3) is 0 Å². The van der Waals surface area contributed by atoms with E-state index in [2.05, 4.69) is 13.8 Å². The molecule has 7 atom stereocenters. The van der Waals surface area contributed by atoms with Crippen molar-refractivity contribution in [3.8, 4) is 0 Å². The molecule has 0 amide bonds. The van der Waals surface area contributed by atoms with E-state index < -0.39 is 17.7 Å².